The van der Waals surface area contributed by atoms with Crippen LogP contribution in [0.15, 0.2) is 0 Å². The van der Waals surface area contributed by atoms with Crippen molar-refractivity contribution in [3.63, 3.8) is 0 Å². The summed E-state index contributed by atoms with van der Waals surface area (Å²) in [5, 5.41) is 3.61. The molecule has 2 unspecified atom stereocenters. The third-order valence-electron chi connectivity index (χ3n) is 3.60. The van der Waals surface area contributed by atoms with Gasteiger partial charge in [-0.25, -0.2) is 0 Å². The Labute approximate surface area is 108 Å². The first-order valence-electron chi connectivity index (χ1n) is 7.57. The van der Waals surface area contributed by atoms with Gasteiger partial charge in [-0.2, -0.15) is 0 Å². The molecule has 0 radical (unpaired) electrons. The fraction of sp³-hybridized carbons (Fsp3) is 1.00. The van der Waals surface area contributed by atoms with Crippen molar-refractivity contribution in [2.24, 2.45) is 5.92 Å². The van der Waals surface area contributed by atoms with Gasteiger partial charge in [0, 0.05) is 12.6 Å². The molecule has 1 rings (SSSR count). The molecule has 2 atom stereocenters. The van der Waals surface area contributed by atoms with Crippen molar-refractivity contribution >= 4 is 0 Å². The second-order valence-corrected chi connectivity index (χ2v) is 5.80. The maximum absolute atomic E-state index is 5.66. The van der Waals surface area contributed by atoms with Gasteiger partial charge in [-0.3, -0.25) is 0 Å². The summed E-state index contributed by atoms with van der Waals surface area (Å²) in [5.74, 6) is 0.803. The van der Waals surface area contributed by atoms with Gasteiger partial charge in [-0.1, -0.05) is 33.6 Å². The molecule has 1 aliphatic rings. The first-order valence-corrected chi connectivity index (χ1v) is 7.57. The minimum atomic E-state index is 0.581. The van der Waals surface area contributed by atoms with Gasteiger partial charge in [0.1, 0.15) is 0 Å². The van der Waals surface area contributed by atoms with E-state index in [0.717, 1.165) is 25.1 Å². The normalized spacial score (nSPS) is 22.2. The predicted octanol–water partition coefficient (Wildman–Crippen LogP) is 3.75. The van der Waals surface area contributed by atoms with Crippen LogP contribution in [0.3, 0.4) is 0 Å². The molecular weight excluding hydrogens is 210 g/mol. The van der Waals surface area contributed by atoms with Crippen LogP contribution in [0, 0.1) is 5.92 Å². The lowest BCUT2D eigenvalue weighted by molar-refractivity contribution is 0.101. The molecule has 0 aromatic carbocycles. The Morgan fingerprint density at radius 3 is 2.71 bits per heavy atom. The molecule has 17 heavy (non-hydrogen) atoms. The second-order valence-electron chi connectivity index (χ2n) is 5.80. The molecule has 0 bridgehead atoms. The highest BCUT2D eigenvalue weighted by Gasteiger charge is 2.15. The molecule has 1 N–H and O–H groups in total. The maximum atomic E-state index is 5.66. The Morgan fingerprint density at radius 2 is 2.12 bits per heavy atom. The largest absolute Gasteiger partial charge is 0.378 e. The highest BCUT2D eigenvalue weighted by Crippen LogP contribution is 2.19. The molecule has 0 saturated carbocycles. The van der Waals surface area contributed by atoms with Gasteiger partial charge >= 0.3 is 0 Å². The molecule has 1 fully saturated rings. The van der Waals surface area contributed by atoms with Crippen LogP contribution in [0.25, 0.3) is 0 Å². The lowest BCUT2D eigenvalue weighted by Crippen LogP contribution is -2.30. The van der Waals surface area contributed by atoms with Crippen molar-refractivity contribution in [2.75, 3.05) is 13.2 Å². The van der Waals surface area contributed by atoms with Crippen LogP contribution in [-0.4, -0.2) is 25.3 Å². The van der Waals surface area contributed by atoms with Crippen molar-refractivity contribution in [3.8, 4) is 0 Å². The van der Waals surface area contributed by atoms with Gasteiger partial charge in [0.15, 0.2) is 0 Å². The summed E-state index contributed by atoms with van der Waals surface area (Å²) in [6.07, 6.45) is 9.76. The molecule has 102 valence electrons. The van der Waals surface area contributed by atoms with E-state index in [1.165, 1.54) is 44.9 Å². The summed E-state index contributed by atoms with van der Waals surface area (Å²) < 4.78 is 5.66. The lowest BCUT2D eigenvalue weighted by Gasteiger charge is -2.20. The van der Waals surface area contributed by atoms with E-state index in [4.69, 9.17) is 4.74 Å². The van der Waals surface area contributed by atoms with Crippen molar-refractivity contribution < 1.29 is 4.74 Å². The molecule has 2 nitrogen and oxygen atoms in total. The number of rotatable bonds is 9. The van der Waals surface area contributed by atoms with Crippen LogP contribution in [0.5, 0.6) is 0 Å². The Morgan fingerprint density at radius 1 is 1.29 bits per heavy atom. The minimum Gasteiger partial charge on any atom is -0.378 e. The summed E-state index contributed by atoms with van der Waals surface area (Å²) in [4.78, 5) is 0. The van der Waals surface area contributed by atoms with E-state index in [9.17, 15) is 0 Å². The molecule has 0 aromatic rings. The summed E-state index contributed by atoms with van der Waals surface area (Å²) in [5.41, 5.74) is 0. The van der Waals surface area contributed by atoms with Crippen LogP contribution < -0.4 is 5.32 Å². The van der Waals surface area contributed by atoms with Gasteiger partial charge in [0.05, 0.1) is 6.10 Å². The Kier molecular flexibility index (Phi) is 7.87. The number of nitrogens with one attached hydrogen (secondary N) is 1. The molecule has 0 aliphatic carbocycles. The smallest absolute Gasteiger partial charge is 0.0576 e. The highest BCUT2D eigenvalue weighted by atomic mass is 16.5. The second kappa shape index (κ2) is 8.93. The summed E-state index contributed by atoms with van der Waals surface area (Å²) >= 11 is 0. The zero-order valence-electron chi connectivity index (χ0n) is 12.0. The monoisotopic (exact) mass is 241 g/mol. The van der Waals surface area contributed by atoms with E-state index in [1.807, 2.05) is 0 Å². The number of ether oxygens (including phenoxy) is 1. The maximum Gasteiger partial charge on any atom is 0.0576 e. The SMILES string of the molecule is CCNC(CCCCC1CCCO1)CC(C)C. The fourth-order valence-corrected chi connectivity index (χ4v) is 2.80. The molecule has 1 aliphatic heterocycles. The quantitative estimate of drug-likeness (QED) is 0.621. The lowest BCUT2D eigenvalue weighted by atomic mass is 9.97. The summed E-state index contributed by atoms with van der Waals surface area (Å²) in [6, 6.07) is 0.726. The van der Waals surface area contributed by atoms with Crippen molar-refractivity contribution in [1.29, 1.82) is 0 Å². The van der Waals surface area contributed by atoms with E-state index in [2.05, 4.69) is 26.1 Å². The number of hydrogen-bond donors (Lipinski definition) is 1. The zero-order chi connectivity index (χ0) is 12.5. The van der Waals surface area contributed by atoms with E-state index in [-0.39, 0.29) is 0 Å². The first-order chi connectivity index (χ1) is 8.22. The van der Waals surface area contributed by atoms with Gasteiger partial charge < -0.3 is 10.1 Å². The van der Waals surface area contributed by atoms with Crippen LogP contribution in [0.4, 0.5) is 0 Å². The third kappa shape index (κ3) is 7.05. The van der Waals surface area contributed by atoms with E-state index < -0.39 is 0 Å². The standard InChI is InChI=1S/C15H31NO/c1-4-16-14(12-13(2)3)8-5-6-9-15-10-7-11-17-15/h13-16H,4-12H2,1-3H3. The van der Waals surface area contributed by atoms with Crippen LogP contribution in [0.2, 0.25) is 0 Å². The number of hydrogen-bond acceptors (Lipinski definition) is 2. The predicted molar refractivity (Wildman–Crippen MR) is 74.4 cm³/mol. The average Bonchev–Trinajstić information content (AvgIpc) is 2.76. The highest BCUT2D eigenvalue weighted by molar-refractivity contribution is 4.69. The van der Waals surface area contributed by atoms with E-state index >= 15 is 0 Å². The minimum absolute atomic E-state index is 0.581. The van der Waals surface area contributed by atoms with Crippen LogP contribution >= 0.6 is 0 Å². The van der Waals surface area contributed by atoms with E-state index in [1.54, 1.807) is 0 Å². The van der Waals surface area contributed by atoms with Crippen molar-refractivity contribution in [2.45, 2.75) is 77.9 Å². The Balaban J connectivity index is 2.04. The molecule has 0 amide bonds. The zero-order valence-corrected chi connectivity index (χ0v) is 12.0. The number of unbranched alkanes of at least 4 members (excludes halogenated alkanes) is 1. The van der Waals surface area contributed by atoms with Crippen LogP contribution in [-0.2, 0) is 4.74 Å². The van der Waals surface area contributed by atoms with E-state index in [0.29, 0.717) is 6.10 Å². The topological polar surface area (TPSA) is 21.3 Å². The molecule has 0 spiro atoms. The first kappa shape index (κ1) is 15.0. The Hall–Kier alpha value is -0.0800. The Bertz CT molecular complexity index is 176. The molecular formula is C15H31NO. The molecule has 0 aromatic heterocycles. The van der Waals surface area contributed by atoms with Gasteiger partial charge in [0.2, 0.25) is 0 Å². The molecule has 1 saturated heterocycles. The third-order valence-corrected chi connectivity index (χ3v) is 3.60. The fourth-order valence-electron chi connectivity index (χ4n) is 2.80. The summed E-state index contributed by atoms with van der Waals surface area (Å²) in [6.45, 7) is 8.94. The van der Waals surface area contributed by atoms with Gasteiger partial charge in [-0.15, -0.1) is 0 Å². The van der Waals surface area contributed by atoms with Crippen molar-refractivity contribution in [3.05, 3.63) is 0 Å². The van der Waals surface area contributed by atoms with Crippen LogP contribution in [0.1, 0.15) is 65.7 Å². The van der Waals surface area contributed by atoms with Gasteiger partial charge in [0.25, 0.3) is 0 Å². The molecule has 2 heteroatoms. The average molecular weight is 241 g/mol. The summed E-state index contributed by atoms with van der Waals surface area (Å²) in [7, 11) is 0. The molecule has 1 heterocycles. The van der Waals surface area contributed by atoms with Crippen molar-refractivity contribution in [1.82, 2.24) is 5.32 Å². The van der Waals surface area contributed by atoms with Gasteiger partial charge in [-0.05, 0) is 44.6 Å².